The van der Waals surface area contributed by atoms with Crippen molar-refractivity contribution in [2.24, 2.45) is 0 Å². The van der Waals surface area contributed by atoms with Crippen molar-refractivity contribution in [2.75, 3.05) is 13.7 Å². The Bertz CT molecular complexity index is 364. The van der Waals surface area contributed by atoms with Crippen molar-refractivity contribution in [3.05, 3.63) is 23.8 Å². The molecule has 1 aromatic carbocycles. The van der Waals surface area contributed by atoms with Gasteiger partial charge in [0.2, 0.25) is 0 Å². The molecule has 3 heteroatoms. The Morgan fingerprint density at radius 1 is 1.17 bits per heavy atom. The minimum absolute atomic E-state index is 0.153. The summed E-state index contributed by atoms with van der Waals surface area (Å²) in [4.78, 5) is 0. The molecule has 0 spiro atoms. The van der Waals surface area contributed by atoms with E-state index in [4.69, 9.17) is 9.47 Å². The lowest BCUT2D eigenvalue weighted by Gasteiger charge is -2.18. The van der Waals surface area contributed by atoms with E-state index in [0.717, 1.165) is 24.5 Å². The summed E-state index contributed by atoms with van der Waals surface area (Å²) in [5.74, 6) is 1.60. The first-order valence-corrected chi connectivity index (χ1v) is 6.66. The highest BCUT2D eigenvalue weighted by molar-refractivity contribution is 5.43. The quantitative estimate of drug-likeness (QED) is 0.804. The molecule has 0 amide bonds. The zero-order valence-corrected chi connectivity index (χ0v) is 12.1. The summed E-state index contributed by atoms with van der Waals surface area (Å²) in [5.41, 5.74) is 1.22. The van der Waals surface area contributed by atoms with Crippen LogP contribution in [0.4, 0.5) is 0 Å². The maximum absolute atomic E-state index is 5.71. The van der Waals surface area contributed by atoms with E-state index in [-0.39, 0.29) is 6.10 Å². The molecule has 0 aliphatic heterocycles. The summed E-state index contributed by atoms with van der Waals surface area (Å²) >= 11 is 0. The molecule has 0 aliphatic rings. The molecule has 1 aromatic rings. The molecular weight excluding hydrogens is 226 g/mol. The molecule has 18 heavy (non-hydrogen) atoms. The smallest absolute Gasteiger partial charge is 0.161 e. The third-order valence-electron chi connectivity index (χ3n) is 2.75. The van der Waals surface area contributed by atoms with Crippen LogP contribution in [0.3, 0.4) is 0 Å². The van der Waals surface area contributed by atoms with Gasteiger partial charge in [0.15, 0.2) is 11.5 Å². The predicted molar refractivity (Wildman–Crippen MR) is 75.5 cm³/mol. The summed E-state index contributed by atoms with van der Waals surface area (Å²) in [6.45, 7) is 9.37. The molecule has 0 aliphatic carbocycles. The van der Waals surface area contributed by atoms with Gasteiger partial charge in [-0.3, -0.25) is 0 Å². The fourth-order valence-electron chi connectivity index (χ4n) is 1.78. The number of ether oxygens (including phenoxy) is 2. The molecule has 1 atom stereocenters. The summed E-state index contributed by atoms with van der Waals surface area (Å²) in [6.07, 6.45) is 1.29. The monoisotopic (exact) mass is 251 g/mol. The molecule has 1 unspecified atom stereocenters. The molecule has 0 bridgehead atoms. The first-order valence-electron chi connectivity index (χ1n) is 6.66. The molecule has 0 saturated carbocycles. The van der Waals surface area contributed by atoms with Crippen molar-refractivity contribution < 1.29 is 9.47 Å². The van der Waals surface area contributed by atoms with E-state index in [2.05, 4.69) is 25.2 Å². The average molecular weight is 251 g/mol. The Balaban J connectivity index is 2.83. The topological polar surface area (TPSA) is 30.5 Å². The summed E-state index contributed by atoms with van der Waals surface area (Å²) in [5, 5.41) is 3.46. The van der Waals surface area contributed by atoms with Crippen LogP contribution in [0.2, 0.25) is 0 Å². The second-order valence-corrected chi connectivity index (χ2v) is 4.75. The fraction of sp³-hybridized carbons (Fsp3) is 0.600. The van der Waals surface area contributed by atoms with Crippen LogP contribution in [0.15, 0.2) is 18.2 Å². The summed E-state index contributed by atoms with van der Waals surface area (Å²) in [6, 6.07) is 6.45. The Labute approximate surface area is 110 Å². The Morgan fingerprint density at radius 3 is 2.44 bits per heavy atom. The second kappa shape index (κ2) is 7.27. The summed E-state index contributed by atoms with van der Waals surface area (Å²) < 4.78 is 11.1. The lowest BCUT2D eigenvalue weighted by Crippen LogP contribution is -2.19. The van der Waals surface area contributed by atoms with E-state index in [9.17, 15) is 0 Å². The van der Waals surface area contributed by atoms with Gasteiger partial charge in [-0.25, -0.2) is 0 Å². The third-order valence-corrected chi connectivity index (χ3v) is 2.75. The maximum atomic E-state index is 5.71. The van der Waals surface area contributed by atoms with Crippen LogP contribution in [-0.4, -0.2) is 19.8 Å². The van der Waals surface area contributed by atoms with Gasteiger partial charge in [-0.2, -0.15) is 0 Å². The van der Waals surface area contributed by atoms with Crippen LogP contribution in [0.5, 0.6) is 11.5 Å². The van der Waals surface area contributed by atoms with Gasteiger partial charge in [0.25, 0.3) is 0 Å². The number of nitrogens with one attached hydrogen (secondary N) is 1. The van der Waals surface area contributed by atoms with Crippen molar-refractivity contribution in [3.63, 3.8) is 0 Å². The van der Waals surface area contributed by atoms with Gasteiger partial charge in [0.1, 0.15) is 0 Å². The van der Waals surface area contributed by atoms with Gasteiger partial charge in [0.05, 0.1) is 13.2 Å². The minimum Gasteiger partial charge on any atom is -0.493 e. The van der Waals surface area contributed by atoms with Crippen LogP contribution in [0, 0.1) is 0 Å². The van der Waals surface area contributed by atoms with Crippen molar-refractivity contribution in [1.82, 2.24) is 5.32 Å². The second-order valence-electron chi connectivity index (χ2n) is 4.75. The van der Waals surface area contributed by atoms with Crippen LogP contribution >= 0.6 is 0 Å². The van der Waals surface area contributed by atoms with Crippen molar-refractivity contribution in [3.8, 4) is 11.5 Å². The van der Waals surface area contributed by atoms with Crippen molar-refractivity contribution in [2.45, 2.75) is 46.3 Å². The van der Waals surface area contributed by atoms with Crippen molar-refractivity contribution in [1.29, 1.82) is 0 Å². The van der Waals surface area contributed by atoms with Gasteiger partial charge in [0, 0.05) is 6.04 Å². The minimum atomic E-state index is 0.153. The zero-order chi connectivity index (χ0) is 13.5. The lowest BCUT2D eigenvalue weighted by atomic mass is 10.1. The highest BCUT2D eigenvalue weighted by Gasteiger charge is 2.10. The lowest BCUT2D eigenvalue weighted by molar-refractivity contribution is 0.230. The summed E-state index contributed by atoms with van der Waals surface area (Å²) in [7, 11) is 1.68. The number of hydrogen-bond acceptors (Lipinski definition) is 3. The highest BCUT2D eigenvalue weighted by atomic mass is 16.5. The standard InChI is InChI=1S/C15H25NO2/c1-6-9-16-12(4)13-7-8-14(18-11(2)3)15(10-13)17-5/h7-8,10-12,16H,6,9H2,1-5H3. The molecule has 102 valence electrons. The van der Waals surface area contributed by atoms with E-state index in [0.29, 0.717) is 6.04 Å². The number of methoxy groups -OCH3 is 1. The largest absolute Gasteiger partial charge is 0.493 e. The fourth-order valence-corrected chi connectivity index (χ4v) is 1.78. The van der Waals surface area contributed by atoms with E-state index >= 15 is 0 Å². The molecular formula is C15H25NO2. The SMILES string of the molecule is CCCNC(C)c1ccc(OC(C)C)c(OC)c1. The Kier molecular flexibility index (Phi) is 5.99. The highest BCUT2D eigenvalue weighted by Crippen LogP contribution is 2.30. The van der Waals surface area contributed by atoms with E-state index in [1.54, 1.807) is 7.11 Å². The molecule has 0 saturated heterocycles. The van der Waals surface area contributed by atoms with Gasteiger partial charge >= 0.3 is 0 Å². The molecule has 0 fully saturated rings. The number of hydrogen-bond donors (Lipinski definition) is 1. The molecule has 0 heterocycles. The van der Waals surface area contributed by atoms with Gasteiger partial charge in [-0.1, -0.05) is 13.0 Å². The van der Waals surface area contributed by atoms with Gasteiger partial charge in [-0.05, 0) is 51.4 Å². The van der Waals surface area contributed by atoms with E-state index in [1.807, 2.05) is 26.0 Å². The third kappa shape index (κ3) is 4.22. The maximum Gasteiger partial charge on any atom is 0.161 e. The molecule has 1 rings (SSSR count). The van der Waals surface area contributed by atoms with Gasteiger partial charge < -0.3 is 14.8 Å². The van der Waals surface area contributed by atoms with Crippen LogP contribution in [-0.2, 0) is 0 Å². The number of rotatable bonds is 7. The first kappa shape index (κ1) is 14.8. The number of benzene rings is 1. The first-order chi connectivity index (χ1) is 8.58. The van der Waals surface area contributed by atoms with Crippen LogP contribution in [0.1, 0.15) is 45.7 Å². The van der Waals surface area contributed by atoms with Crippen LogP contribution < -0.4 is 14.8 Å². The molecule has 0 radical (unpaired) electrons. The molecule has 1 N–H and O–H groups in total. The van der Waals surface area contributed by atoms with Crippen LogP contribution in [0.25, 0.3) is 0 Å². The Morgan fingerprint density at radius 2 is 1.89 bits per heavy atom. The Hall–Kier alpha value is -1.22. The van der Waals surface area contributed by atoms with Gasteiger partial charge in [-0.15, -0.1) is 0 Å². The predicted octanol–water partition coefficient (Wildman–Crippen LogP) is 3.54. The molecule has 3 nitrogen and oxygen atoms in total. The zero-order valence-electron chi connectivity index (χ0n) is 12.1. The normalized spacial score (nSPS) is 12.6. The average Bonchev–Trinajstić information content (AvgIpc) is 2.35. The van der Waals surface area contributed by atoms with Crippen molar-refractivity contribution >= 4 is 0 Å². The molecule has 0 aromatic heterocycles. The van der Waals surface area contributed by atoms with E-state index in [1.165, 1.54) is 5.56 Å². The van der Waals surface area contributed by atoms with E-state index < -0.39 is 0 Å².